The largest absolute Gasteiger partial charge is 0.391 e. The van der Waals surface area contributed by atoms with Crippen molar-refractivity contribution in [1.82, 2.24) is 10.6 Å². The molecule has 102 valence electrons. The summed E-state index contributed by atoms with van der Waals surface area (Å²) in [5, 5.41) is 15.0. The van der Waals surface area contributed by atoms with Crippen LogP contribution in [0.25, 0.3) is 0 Å². The second-order valence-electron chi connectivity index (χ2n) is 4.70. The first-order valence-corrected chi connectivity index (χ1v) is 6.20. The summed E-state index contributed by atoms with van der Waals surface area (Å²) in [6.45, 7) is 6.84. The number of aliphatic hydroxyl groups excluding tert-OH is 1. The van der Waals surface area contributed by atoms with Crippen LogP contribution in [0, 0.1) is 5.92 Å². The molecule has 5 nitrogen and oxygen atoms in total. The zero-order valence-corrected chi connectivity index (χ0v) is 11.3. The van der Waals surface area contributed by atoms with Crippen LogP contribution in [0.15, 0.2) is 0 Å². The molecule has 0 aliphatic heterocycles. The lowest BCUT2D eigenvalue weighted by atomic mass is 10.1. The van der Waals surface area contributed by atoms with E-state index in [1.807, 2.05) is 20.8 Å². The Morgan fingerprint density at radius 1 is 1.41 bits per heavy atom. The lowest BCUT2D eigenvalue weighted by Crippen LogP contribution is -2.46. The van der Waals surface area contributed by atoms with E-state index in [0.29, 0.717) is 18.9 Å². The fourth-order valence-electron chi connectivity index (χ4n) is 1.54. The van der Waals surface area contributed by atoms with E-state index >= 15 is 0 Å². The number of nitrogens with one attached hydrogen (secondary N) is 2. The van der Waals surface area contributed by atoms with E-state index < -0.39 is 6.10 Å². The number of methoxy groups -OCH3 is 1. The van der Waals surface area contributed by atoms with Crippen molar-refractivity contribution in [2.24, 2.45) is 5.92 Å². The minimum atomic E-state index is -0.483. The lowest BCUT2D eigenvalue weighted by molar-refractivity contribution is 0.143. The number of aliphatic hydroxyl groups is 1. The molecule has 0 saturated carbocycles. The van der Waals surface area contributed by atoms with Gasteiger partial charge in [-0.3, -0.25) is 0 Å². The summed E-state index contributed by atoms with van der Waals surface area (Å²) >= 11 is 0. The van der Waals surface area contributed by atoms with Gasteiger partial charge < -0.3 is 20.5 Å². The molecule has 2 unspecified atom stereocenters. The van der Waals surface area contributed by atoms with Gasteiger partial charge in [0.05, 0.1) is 18.8 Å². The molecule has 0 aliphatic carbocycles. The molecular weight excluding hydrogens is 220 g/mol. The number of carbonyl (C=O) groups excluding carboxylic acids is 1. The molecule has 17 heavy (non-hydrogen) atoms. The van der Waals surface area contributed by atoms with Gasteiger partial charge in [0.25, 0.3) is 0 Å². The molecule has 0 heterocycles. The Labute approximate surface area is 104 Å². The van der Waals surface area contributed by atoms with Gasteiger partial charge in [0.15, 0.2) is 0 Å². The maximum absolute atomic E-state index is 11.5. The fraction of sp³-hybridized carbons (Fsp3) is 0.917. The van der Waals surface area contributed by atoms with Crippen molar-refractivity contribution >= 4 is 6.03 Å². The number of hydrogen-bond donors (Lipinski definition) is 3. The highest BCUT2D eigenvalue weighted by Gasteiger charge is 2.12. The quantitative estimate of drug-likeness (QED) is 0.601. The van der Waals surface area contributed by atoms with Gasteiger partial charge in [-0.25, -0.2) is 4.79 Å². The van der Waals surface area contributed by atoms with Crippen LogP contribution in [0.4, 0.5) is 4.79 Å². The van der Waals surface area contributed by atoms with Gasteiger partial charge in [-0.1, -0.05) is 20.8 Å². The van der Waals surface area contributed by atoms with E-state index in [1.54, 1.807) is 7.11 Å². The predicted octanol–water partition coefficient (Wildman–Crippen LogP) is 1.12. The zero-order chi connectivity index (χ0) is 13.3. The molecule has 0 aromatic rings. The fourth-order valence-corrected chi connectivity index (χ4v) is 1.54. The van der Waals surface area contributed by atoms with Gasteiger partial charge >= 0.3 is 6.03 Å². The first-order chi connectivity index (χ1) is 7.99. The average Bonchev–Trinajstić information content (AvgIpc) is 2.25. The molecule has 0 spiro atoms. The van der Waals surface area contributed by atoms with Crippen molar-refractivity contribution in [3.05, 3.63) is 0 Å². The van der Waals surface area contributed by atoms with Crippen molar-refractivity contribution in [3.63, 3.8) is 0 Å². The van der Waals surface area contributed by atoms with Gasteiger partial charge in [0.1, 0.15) is 0 Å². The summed E-state index contributed by atoms with van der Waals surface area (Å²) in [7, 11) is 1.61. The molecule has 0 saturated heterocycles. The van der Waals surface area contributed by atoms with Crippen LogP contribution in [0.2, 0.25) is 0 Å². The number of rotatable bonds is 8. The molecule has 0 radical (unpaired) electrons. The van der Waals surface area contributed by atoms with Crippen molar-refractivity contribution in [2.75, 3.05) is 20.3 Å². The zero-order valence-electron chi connectivity index (χ0n) is 11.3. The van der Waals surface area contributed by atoms with E-state index in [-0.39, 0.29) is 18.6 Å². The Balaban J connectivity index is 3.77. The van der Waals surface area contributed by atoms with Gasteiger partial charge in [-0.15, -0.1) is 0 Å². The highest BCUT2D eigenvalue weighted by molar-refractivity contribution is 5.74. The normalized spacial score (nSPS) is 14.5. The van der Waals surface area contributed by atoms with E-state index in [9.17, 15) is 9.90 Å². The Hall–Kier alpha value is -0.810. The van der Waals surface area contributed by atoms with Crippen LogP contribution in [0.3, 0.4) is 0 Å². The number of amides is 2. The van der Waals surface area contributed by atoms with E-state index in [2.05, 4.69) is 10.6 Å². The van der Waals surface area contributed by atoms with Crippen LogP contribution in [-0.2, 0) is 4.74 Å². The van der Waals surface area contributed by atoms with Gasteiger partial charge in [0.2, 0.25) is 0 Å². The summed E-state index contributed by atoms with van der Waals surface area (Å²) in [5.41, 5.74) is 0. The SMILES string of the molecule is CCC(COC)NC(=O)NCC(O)CC(C)C. The predicted molar refractivity (Wildman–Crippen MR) is 68.0 cm³/mol. The molecule has 0 aromatic carbocycles. The smallest absolute Gasteiger partial charge is 0.315 e. The standard InChI is InChI=1S/C12H26N2O3/c1-5-10(8-17-4)14-12(16)13-7-11(15)6-9(2)3/h9-11,15H,5-8H2,1-4H3,(H2,13,14,16). The second kappa shape index (κ2) is 9.24. The Kier molecular flexibility index (Phi) is 8.80. The van der Waals surface area contributed by atoms with Crippen molar-refractivity contribution in [3.8, 4) is 0 Å². The highest BCUT2D eigenvalue weighted by Crippen LogP contribution is 2.03. The van der Waals surface area contributed by atoms with Crippen LogP contribution in [-0.4, -0.2) is 43.5 Å². The number of ether oxygens (including phenoxy) is 1. The van der Waals surface area contributed by atoms with Crippen LogP contribution >= 0.6 is 0 Å². The minimum absolute atomic E-state index is 0.0160. The summed E-state index contributed by atoms with van der Waals surface area (Å²) in [6, 6.07) is -0.237. The van der Waals surface area contributed by atoms with Crippen molar-refractivity contribution in [1.29, 1.82) is 0 Å². The highest BCUT2D eigenvalue weighted by atomic mass is 16.5. The Bertz CT molecular complexity index is 210. The molecule has 0 aliphatic rings. The van der Waals surface area contributed by atoms with Crippen LogP contribution in [0.1, 0.15) is 33.6 Å². The lowest BCUT2D eigenvalue weighted by Gasteiger charge is -2.18. The molecule has 0 bridgehead atoms. The van der Waals surface area contributed by atoms with E-state index in [0.717, 1.165) is 6.42 Å². The minimum Gasteiger partial charge on any atom is -0.391 e. The van der Waals surface area contributed by atoms with Crippen molar-refractivity contribution < 1.29 is 14.6 Å². The van der Waals surface area contributed by atoms with Gasteiger partial charge in [-0.2, -0.15) is 0 Å². The molecule has 5 heteroatoms. The number of hydrogen-bond acceptors (Lipinski definition) is 3. The number of urea groups is 1. The van der Waals surface area contributed by atoms with Gasteiger partial charge in [-0.05, 0) is 18.8 Å². The Morgan fingerprint density at radius 2 is 2.06 bits per heavy atom. The van der Waals surface area contributed by atoms with Crippen LogP contribution in [0.5, 0.6) is 0 Å². The molecular formula is C12H26N2O3. The molecule has 3 N–H and O–H groups in total. The maximum Gasteiger partial charge on any atom is 0.315 e. The first-order valence-electron chi connectivity index (χ1n) is 6.20. The topological polar surface area (TPSA) is 70.6 Å². The Morgan fingerprint density at radius 3 is 2.53 bits per heavy atom. The summed E-state index contributed by atoms with van der Waals surface area (Å²) in [4.78, 5) is 11.5. The third kappa shape index (κ3) is 8.94. The molecule has 0 fully saturated rings. The third-order valence-corrected chi connectivity index (χ3v) is 2.44. The molecule has 0 rings (SSSR count). The van der Waals surface area contributed by atoms with Crippen LogP contribution < -0.4 is 10.6 Å². The summed E-state index contributed by atoms with van der Waals surface area (Å²) in [5.74, 6) is 0.423. The van der Waals surface area contributed by atoms with Crippen molar-refractivity contribution in [2.45, 2.75) is 45.8 Å². The molecule has 0 aromatic heterocycles. The summed E-state index contributed by atoms with van der Waals surface area (Å²) in [6.07, 6.45) is 1.02. The monoisotopic (exact) mass is 246 g/mol. The first kappa shape index (κ1) is 16.2. The second-order valence-corrected chi connectivity index (χ2v) is 4.70. The number of carbonyl (C=O) groups is 1. The molecule has 2 amide bonds. The maximum atomic E-state index is 11.5. The summed E-state index contributed by atoms with van der Waals surface area (Å²) < 4.78 is 4.98. The molecule has 2 atom stereocenters. The van der Waals surface area contributed by atoms with E-state index in [1.165, 1.54) is 0 Å². The van der Waals surface area contributed by atoms with E-state index in [4.69, 9.17) is 4.74 Å². The third-order valence-electron chi connectivity index (χ3n) is 2.44. The average molecular weight is 246 g/mol. The van der Waals surface area contributed by atoms with Gasteiger partial charge in [0, 0.05) is 13.7 Å².